The Balaban J connectivity index is 2.04. The SMILES string of the molecule is COc1c(Br)cc(Cl)cc1C(Br)c1ccc2c(c1)COC2. The third kappa shape index (κ3) is 3.00. The Labute approximate surface area is 145 Å². The summed E-state index contributed by atoms with van der Waals surface area (Å²) in [4.78, 5) is 0.00773. The zero-order valence-electron chi connectivity index (χ0n) is 11.3. The van der Waals surface area contributed by atoms with Crippen LogP contribution in [0.3, 0.4) is 0 Å². The average molecular weight is 433 g/mol. The molecule has 110 valence electrons. The van der Waals surface area contributed by atoms with E-state index in [9.17, 15) is 0 Å². The van der Waals surface area contributed by atoms with Crippen LogP contribution in [0.2, 0.25) is 5.02 Å². The van der Waals surface area contributed by atoms with Crippen molar-refractivity contribution < 1.29 is 9.47 Å². The maximum absolute atomic E-state index is 6.18. The predicted molar refractivity (Wildman–Crippen MR) is 91.4 cm³/mol. The minimum Gasteiger partial charge on any atom is -0.495 e. The van der Waals surface area contributed by atoms with Gasteiger partial charge in [-0.2, -0.15) is 0 Å². The Hall–Kier alpha value is -0.550. The normalized spacial score (nSPS) is 14.9. The van der Waals surface area contributed by atoms with Crippen LogP contribution < -0.4 is 4.74 Å². The summed E-state index contributed by atoms with van der Waals surface area (Å²) < 4.78 is 11.8. The van der Waals surface area contributed by atoms with Gasteiger partial charge >= 0.3 is 0 Å². The second-order valence-corrected chi connectivity index (χ2v) is 7.10. The first-order chi connectivity index (χ1) is 10.1. The Morgan fingerprint density at radius 3 is 2.71 bits per heavy atom. The molecule has 0 N–H and O–H groups in total. The number of hydrogen-bond donors (Lipinski definition) is 0. The zero-order valence-corrected chi connectivity index (χ0v) is 15.3. The Morgan fingerprint density at radius 2 is 1.95 bits per heavy atom. The second-order valence-electron chi connectivity index (χ2n) is 4.89. The molecule has 0 amide bonds. The van der Waals surface area contributed by atoms with E-state index in [0.717, 1.165) is 21.3 Å². The standard InChI is InChI=1S/C16H13Br2ClO2/c1-20-16-13(5-12(19)6-14(16)17)15(18)9-2-3-10-7-21-8-11(10)4-9/h2-6,15H,7-8H2,1H3. The summed E-state index contributed by atoms with van der Waals surface area (Å²) in [5.74, 6) is 0.790. The number of ether oxygens (including phenoxy) is 2. The molecule has 5 heteroatoms. The van der Waals surface area contributed by atoms with Crippen molar-refractivity contribution in [1.29, 1.82) is 0 Å². The van der Waals surface area contributed by atoms with Crippen molar-refractivity contribution in [3.63, 3.8) is 0 Å². The molecular formula is C16H13Br2ClO2. The first-order valence-corrected chi connectivity index (χ1v) is 8.55. The molecule has 2 nitrogen and oxygen atoms in total. The molecule has 1 heterocycles. The predicted octanol–water partition coefficient (Wildman–Crippen LogP) is 5.63. The maximum Gasteiger partial charge on any atom is 0.137 e. The average Bonchev–Trinajstić information content (AvgIpc) is 2.93. The highest BCUT2D eigenvalue weighted by Gasteiger charge is 2.20. The third-order valence-electron chi connectivity index (χ3n) is 3.55. The Bertz CT molecular complexity index is 688. The molecule has 0 aliphatic carbocycles. The molecule has 0 saturated heterocycles. The van der Waals surface area contributed by atoms with E-state index in [1.807, 2.05) is 12.1 Å². The maximum atomic E-state index is 6.18. The van der Waals surface area contributed by atoms with E-state index in [1.54, 1.807) is 7.11 Å². The number of hydrogen-bond acceptors (Lipinski definition) is 2. The van der Waals surface area contributed by atoms with Crippen molar-refractivity contribution in [1.82, 2.24) is 0 Å². The first kappa shape index (κ1) is 15.3. The zero-order chi connectivity index (χ0) is 15.0. The monoisotopic (exact) mass is 430 g/mol. The summed E-state index contributed by atoms with van der Waals surface area (Å²) in [7, 11) is 1.66. The van der Waals surface area contributed by atoms with Gasteiger partial charge in [0.25, 0.3) is 0 Å². The van der Waals surface area contributed by atoms with Crippen molar-refractivity contribution in [2.24, 2.45) is 0 Å². The lowest BCUT2D eigenvalue weighted by molar-refractivity contribution is 0.134. The first-order valence-electron chi connectivity index (χ1n) is 6.46. The van der Waals surface area contributed by atoms with Crippen LogP contribution in [-0.4, -0.2) is 7.11 Å². The van der Waals surface area contributed by atoms with E-state index in [2.05, 4.69) is 50.1 Å². The molecule has 21 heavy (non-hydrogen) atoms. The third-order valence-corrected chi connectivity index (χ3v) is 5.38. The van der Waals surface area contributed by atoms with Crippen LogP contribution in [0, 0.1) is 0 Å². The minimum absolute atomic E-state index is 0.00773. The molecule has 0 aromatic heterocycles. The molecule has 0 bridgehead atoms. The van der Waals surface area contributed by atoms with E-state index in [1.165, 1.54) is 11.1 Å². The van der Waals surface area contributed by atoms with Crippen molar-refractivity contribution in [3.8, 4) is 5.75 Å². The molecule has 2 aromatic rings. The molecule has 0 radical (unpaired) electrons. The van der Waals surface area contributed by atoms with Crippen LogP contribution in [0.1, 0.15) is 27.1 Å². The quantitative estimate of drug-likeness (QED) is 0.586. The Kier molecular flexibility index (Phi) is 4.60. The summed E-state index contributed by atoms with van der Waals surface area (Å²) in [6.07, 6.45) is 0. The topological polar surface area (TPSA) is 18.5 Å². The summed E-state index contributed by atoms with van der Waals surface area (Å²) in [5, 5.41) is 0.673. The van der Waals surface area contributed by atoms with Gasteiger partial charge in [-0.1, -0.05) is 45.7 Å². The fourth-order valence-electron chi connectivity index (χ4n) is 2.51. The van der Waals surface area contributed by atoms with Crippen molar-refractivity contribution in [2.45, 2.75) is 18.0 Å². The van der Waals surface area contributed by atoms with Crippen LogP contribution in [0.5, 0.6) is 5.75 Å². The molecule has 1 aliphatic heterocycles. The molecule has 2 aromatic carbocycles. The van der Waals surface area contributed by atoms with Crippen molar-refractivity contribution in [3.05, 3.63) is 62.1 Å². The molecule has 1 unspecified atom stereocenters. The lowest BCUT2D eigenvalue weighted by Gasteiger charge is -2.17. The van der Waals surface area contributed by atoms with Gasteiger partial charge in [0.1, 0.15) is 5.75 Å². The van der Waals surface area contributed by atoms with Crippen LogP contribution in [0.25, 0.3) is 0 Å². The molecule has 3 rings (SSSR count). The van der Waals surface area contributed by atoms with Crippen LogP contribution in [-0.2, 0) is 18.0 Å². The highest BCUT2D eigenvalue weighted by atomic mass is 79.9. The number of rotatable bonds is 3. The van der Waals surface area contributed by atoms with E-state index in [4.69, 9.17) is 21.1 Å². The van der Waals surface area contributed by atoms with E-state index in [0.29, 0.717) is 18.2 Å². The number of benzene rings is 2. The highest BCUT2D eigenvalue weighted by molar-refractivity contribution is 9.10. The van der Waals surface area contributed by atoms with Crippen LogP contribution >= 0.6 is 43.5 Å². The number of fused-ring (bicyclic) bond motifs is 1. The van der Waals surface area contributed by atoms with Gasteiger partial charge in [0.05, 0.1) is 29.6 Å². The van der Waals surface area contributed by atoms with Gasteiger partial charge in [-0.05, 0) is 44.8 Å². The lowest BCUT2D eigenvalue weighted by atomic mass is 10.00. The van der Waals surface area contributed by atoms with Crippen molar-refractivity contribution >= 4 is 43.5 Å². The molecule has 0 spiro atoms. The van der Waals surface area contributed by atoms with Gasteiger partial charge in [0, 0.05) is 10.6 Å². The van der Waals surface area contributed by atoms with Gasteiger partial charge < -0.3 is 9.47 Å². The largest absolute Gasteiger partial charge is 0.495 e. The fourth-order valence-corrected chi connectivity index (χ4v) is 4.13. The van der Waals surface area contributed by atoms with Crippen LogP contribution in [0.15, 0.2) is 34.8 Å². The molecule has 1 aliphatic rings. The smallest absolute Gasteiger partial charge is 0.137 e. The number of halogens is 3. The van der Waals surface area contributed by atoms with Crippen molar-refractivity contribution in [2.75, 3.05) is 7.11 Å². The summed E-state index contributed by atoms with van der Waals surface area (Å²) in [5.41, 5.74) is 4.66. The molecular weight excluding hydrogens is 419 g/mol. The minimum atomic E-state index is 0.00773. The van der Waals surface area contributed by atoms with Gasteiger partial charge in [-0.15, -0.1) is 0 Å². The summed E-state index contributed by atoms with van der Waals surface area (Å²) >= 11 is 13.4. The van der Waals surface area contributed by atoms with Gasteiger partial charge in [0.15, 0.2) is 0 Å². The summed E-state index contributed by atoms with van der Waals surface area (Å²) in [6.45, 7) is 1.38. The Morgan fingerprint density at radius 1 is 1.19 bits per heavy atom. The fraction of sp³-hybridized carbons (Fsp3) is 0.250. The molecule has 0 fully saturated rings. The van der Waals surface area contributed by atoms with Gasteiger partial charge in [-0.25, -0.2) is 0 Å². The number of methoxy groups -OCH3 is 1. The molecule has 0 saturated carbocycles. The lowest BCUT2D eigenvalue weighted by Crippen LogP contribution is -1.99. The van der Waals surface area contributed by atoms with E-state index < -0.39 is 0 Å². The summed E-state index contributed by atoms with van der Waals surface area (Å²) in [6, 6.07) is 10.2. The second kappa shape index (κ2) is 6.29. The highest BCUT2D eigenvalue weighted by Crippen LogP contribution is 2.42. The van der Waals surface area contributed by atoms with E-state index in [-0.39, 0.29) is 4.83 Å². The van der Waals surface area contributed by atoms with Gasteiger partial charge in [0.2, 0.25) is 0 Å². The number of alkyl halides is 1. The van der Waals surface area contributed by atoms with Crippen LogP contribution in [0.4, 0.5) is 0 Å². The van der Waals surface area contributed by atoms with E-state index >= 15 is 0 Å². The van der Waals surface area contributed by atoms with Gasteiger partial charge in [-0.3, -0.25) is 0 Å². The molecule has 1 atom stereocenters.